The zero-order valence-electron chi connectivity index (χ0n) is 10.6. The second-order valence-corrected chi connectivity index (χ2v) is 6.75. The number of nitrogens with two attached hydrogens (primary N) is 1. The topological polar surface area (TPSA) is 72.6 Å². The van der Waals surface area contributed by atoms with Crippen molar-refractivity contribution in [2.24, 2.45) is 5.14 Å². The van der Waals surface area contributed by atoms with Crippen molar-refractivity contribution >= 4 is 22.0 Å². The molecule has 0 unspecified atom stereocenters. The number of primary sulfonamides is 1. The van der Waals surface area contributed by atoms with E-state index >= 15 is 0 Å². The van der Waals surface area contributed by atoms with Crippen LogP contribution in [0.2, 0.25) is 0 Å². The van der Waals surface area contributed by atoms with Crippen molar-refractivity contribution in [3.63, 3.8) is 0 Å². The van der Waals surface area contributed by atoms with Crippen LogP contribution in [0.15, 0.2) is 29.2 Å². The van der Waals surface area contributed by atoms with Gasteiger partial charge >= 0.3 is 0 Å². The van der Waals surface area contributed by atoms with Gasteiger partial charge in [0, 0.05) is 18.0 Å². The smallest absolute Gasteiger partial charge is 0.206 e. The lowest BCUT2D eigenvalue weighted by Crippen LogP contribution is -2.30. The van der Waals surface area contributed by atoms with Crippen LogP contribution >= 0.6 is 11.9 Å². The van der Waals surface area contributed by atoms with Crippen LogP contribution in [0.25, 0.3) is 0 Å². The first-order valence-electron chi connectivity index (χ1n) is 5.58. The van der Waals surface area contributed by atoms with Gasteiger partial charge in [-0.25, -0.2) is 22.3 Å². The molecule has 1 aromatic rings. The summed E-state index contributed by atoms with van der Waals surface area (Å²) in [4.78, 5) is 1.08. The summed E-state index contributed by atoms with van der Waals surface area (Å²) in [5.74, 6) is -0.184. The van der Waals surface area contributed by atoms with Crippen molar-refractivity contribution in [3.8, 4) is 0 Å². The second kappa shape index (κ2) is 7.81. The number of hydrogen-bond donors (Lipinski definition) is 1. The van der Waals surface area contributed by atoms with Crippen LogP contribution in [-0.4, -0.2) is 45.3 Å². The Morgan fingerprint density at radius 1 is 1.26 bits per heavy atom. The lowest BCUT2D eigenvalue weighted by atomic mass is 10.4. The summed E-state index contributed by atoms with van der Waals surface area (Å²) in [6.45, 7) is 3.44. The quantitative estimate of drug-likeness (QED) is 0.827. The molecular formula is C11H17FN2O3S2. The first-order valence-corrected chi connectivity index (χ1v) is 8.31. The molecular weight excluding hydrogens is 291 g/mol. The van der Waals surface area contributed by atoms with Gasteiger partial charge < -0.3 is 4.74 Å². The predicted octanol–water partition coefficient (Wildman–Crippen LogP) is 1.07. The number of nitrogens with zero attached hydrogens (tertiary/aromatic N) is 1. The van der Waals surface area contributed by atoms with E-state index in [-0.39, 0.29) is 5.82 Å². The largest absolute Gasteiger partial charge is 0.379 e. The molecule has 0 amide bonds. The molecule has 0 radical (unpaired) electrons. The van der Waals surface area contributed by atoms with Crippen LogP contribution in [0.5, 0.6) is 0 Å². The molecule has 0 aliphatic carbocycles. The van der Waals surface area contributed by atoms with Crippen molar-refractivity contribution in [1.29, 1.82) is 0 Å². The number of ether oxygens (including phenoxy) is 1. The van der Waals surface area contributed by atoms with Gasteiger partial charge in [0.1, 0.15) is 5.82 Å². The highest BCUT2D eigenvalue weighted by Crippen LogP contribution is 2.23. The fourth-order valence-electron chi connectivity index (χ4n) is 1.28. The molecule has 0 spiro atoms. The van der Waals surface area contributed by atoms with E-state index in [1.165, 1.54) is 12.1 Å². The third-order valence-electron chi connectivity index (χ3n) is 2.02. The first-order chi connectivity index (χ1) is 8.84. The van der Waals surface area contributed by atoms with E-state index < -0.39 is 10.0 Å². The van der Waals surface area contributed by atoms with Gasteiger partial charge in [0.15, 0.2) is 0 Å². The molecule has 2 N–H and O–H groups in total. The fourth-order valence-corrected chi connectivity index (χ4v) is 2.17. The van der Waals surface area contributed by atoms with Gasteiger partial charge in [-0.1, -0.05) is 0 Å². The summed E-state index contributed by atoms with van der Waals surface area (Å²) in [6.07, 6.45) is 0.938. The van der Waals surface area contributed by atoms with E-state index in [2.05, 4.69) is 9.44 Å². The van der Waals surface area contributed by atoms with E-state index in [1.807, 2.05) is 0 Å². The third-order valence-corrected chi connectivity index (χ3v) is 3.12. The zero-order chi connectivity index (χ0) is 14.3. The van der Waals surface area contributed by atoms with Crippen molar-refractivity contribution < 1.29 is 17.5 Å². The van der Waals surface area contributed by atoms with Crippen LogP contribution < -0.4 is 5.14 Å². The Kier molecular flexibility index (Phi) is 6.73. The van der Waals surface area contributed by atoms with E-state index in [4.69, 9.17) is 4.74 Å². The van der Waals surface area contributed by atoms with Crippen molar-refractivity contribution in [3.05, 3.63) is 30.1 Å². The number of sulfonamides is 1. The average Bonchev–Trinajstić information content (AvgIpc) is 2.31. The lowest BCUT2D eigenvalue weighted by molar-refractivity contribution is 0.0773. The third kappa shape index (κ3) is 8.95. The molecule has 8 heteroatoms. The van der Waals surface area contributed by atoms with E-state index in [1.54, 1.807) is 24.1 Å². The van der Waals surface area contributed by atoms with Gasteiger partial charge in [0.2, 0.25) is 10.0 Å². The molecule has 1 heterocycles. The average molecular weight is 308 g/mol. The molecule has 1 saturated heterocycles. The van der Waals surface area contributed by atoms with Gasteiger partial charge in [0.25, 0.3) is 0 Å². The van der Waals surface area contributed by atoms with E-state index in [0.29, 0.717) is 0 Å². The SMILES string of the molecule is CS(N)(=O)=O.Fc1ccc(SN2CCOCC2)cc1. The monoisotopic (exact) mass is 308 g/mol. The maximum Gasteiger partial charge on any atom is 0.206 e. The highest BCUT2D eigenvalue weighted by molar-refractivity contribution is 7.97. The van der Waals surface area contributed by atoms with Crippen molar-refractivity contribution in [1.82, 2.24) is 4.31 Å². The molecule has 0 bridgehead atoms. The van der Waals surface area contributed by atoms with Crippen molar-refractivity contribution in [2.45, 2.75) is 4.90 Å². The highest BCUT2D eigenvalue weighted by atomic mass is 32.2. The highest BCUT2D eigenvalue weighted by Gasteiger charge is 2.11. The summed E-state index contributed by atoms with van der Waals surface area (Å²) in [7, 11) is -3.17. The maximum atomic E-state index is 12.6. The number of hydrogen-bond acceptors (Lipinski definition) is 5. The predicted molar refractivity (Wildman–Crippen MR) is 73.7 cm³/mol. The fraction of sp³-hybridized carbons (Fsp3) is 0.455. The number of halogens is 1. The summed E-state index contributed by atoms with van der Waals surface area (Å²) >= 11 is 1.66. The van der Waals surface area contributed by atoms with Gasteiger partial charge in [0.05, 0.1) is 19.5 Å². The molecule has 5 nitrogen and oxygen atoms in total. The number of benzene rings is 1. The second-order valence-electron chi connectivity index (χ2n) is 3.92. The van der Waals surface area contributed by atoms with Gasteiger partial charge in [-0.2, -0.15) is 0 Å². The minimum atomic E-state index is -3.17. The first kappa shape index (κ1) is 16.4. The molecule has 1 fully saturated rings. The van der Waals surface area contributed by atoms with Crippen molar-refractivity contribution in [2.75, 3.05) is 32.6 Å². The Bertz CT molecular complexity index is 465. The number of morpholine rings is 1. The Hall–Kier alpha value is -0.670. The maximum absolute atomic E-state index is 12.6. The summed E-state index contributed by atoms with van der Waals surface area (Å²) < 4.78 is 38.9. The van der Waals surface area contributed by atoms with Crippen LogP contribution in [0.1, 0.15) is 0 Å². The molecule has 0 saturated carbocycles. The Morgan fingerprint density at radius 2 is 1.74 bits per heavy atom. The molecule has 0 atom stereocenters. The van der Waals surface area contributed by atoms with Crippen LogP contribution in [0, 0.1) is 5.82 Å². The zero-order valence-corrected chi connectivity index (χ0v) is 12.2. The Balaban J connectivity index is 0.000000312. The lowest BCUT2D eigenvalue weighted by Gasteiger charge is -2.25. The van der Waals surface area contributed by atoms with Gasteiger partial charge in [-0.15, -0.1) is 0 Å². The minimum absolute atomic E-state index is 0.184. The molecule has 19 heavy (non-hydrogen) atoms. The van der Waals surface area contributed by atoms with Gasteiger partial charge in [-0.3, -0.25) is 0 Å². The minimum Gasteiger partial charge on any atom is -0.379 e. The Labute approximate surface area is 117 Å². The normalized spacial score (nSPS) is 16.6. The standard InChI is InChI=1S/C10H12FNOS.CH5NO2S/c11-9-1-3-10(4-2-9)14-12-5-7-13-8-6-12;1-5(2,3)4/h1-4H,5-8H2;1H3,(H2,2,3,4). The van der Waals surface area contributed by atoms with E-state index in [0.717, 1.165) is 37.5 Å². The molecule has 108 valence electrons. The summed E-state index contributed by atoms with van der Waals surface area (Å²) in [6, 6.07) is 6.58. The molecule has 1 aromatic carbocycles. The Morgan fingerprint density at radius 3 is 2.21 bits per heavy atom. The van der Waals surface area contributed by atoms with E-state index in [9.17, 15) is 12.8 Å². The van der Waals surface area contributed by atoms with Crippen LogP contribution in [0.4, 0.5) is 4.39 Å². The molecule has 1 aliphatic rings. The molecule has 1 aliphatic heterocycles. The number of rotatable bonds is 2. The van der Waals surface area contributed by atoms with Crippen LogP contribution in [0.3, 0.4) is 0 Å². The summed E-state index contributed by atoms with van der Waals surface area (Å²) in [5.41, 5.74) is 0. The molecule has 0 aromatic heterocycles. The summed E-state index contributed by atoms with van der Waals surface area (Å²) in [5, 5.41) is 4.33. The van der Waals surface area contributed by atoms with Crippen LogP contribution in [-0.2, 0) is 14.8 Å². The van der Waals surface area contributed by atoms with Gasteiger partial charge in [-0.05, 0) is 36.2 Å². The molecule has 2 rings (SSSR count).